The molecule has 2 fully saturated rings. The van der Waals surface area contributed by atoms with E-state index in [-0.39, 0.29) is 112 Å². The first kappa shape index (κ1) is 49.4. The van der Waals surface area contributed by atoms with Gasteiger partial charge < -0.3 is 0 Å². The summed E-state index contributed by atoms with van der Waals surface area (Å²) in [7, 11) is 52.0. The monoisotopic (exact) mass is 1120 g/mol. The van der Waals surface area contributed by atoms with Crippen LogP contribution in [0.25, 0.3) is 0 Å². The molecule has 0 bridgehead atoms. The van der Waals surface area contributed by atoms with Gasteiger partial charge in [0.15, 0.2) is 0 Å². The third-order valence-electron chi connectivity index (χ3n) is 5.73. The van der Waals surface area contributed by atoms with Crippen molar-refractivity contribution in [3.63, 3.8) is 0 Å². The molecule has 2 aliphatic rings. The number of nitrogens with zero attached hydrogens (tertiary/aromatic N) is 1. The molecule has 40 heavy (non-hydrogen) atoms. The van der Waals surface area contributed by atoms with Crippen molar-refractivity contribution in [2.45, 2.75) is 31.2 Å². The quantitative estimate of drug-likeness (QED) is 0.176. The van der Waals surface area contributed by atoms with Gasteiger partial charge in [-0.05, 0) is 119 Å². The van der Waals surface area contributed by atoms with Crippen molar-refractivity contribution in [3.8, 4) is 0 Å². The molecule has 0 aliphatic carbocycles. The van der Waals surface area contributed by atoms with Crippen LogP contribution in [0.3, 0.4) is 0 Å². The maximum Gasteiger partial charge on any atom is 0.0499 e. The Morgan fingerprint density at radius 1 is 0.675 bits per heavy atom. The summed E-state index contributed by atoms with van der Waals surface area (Å²) in [5, 5.41) is 0. The standard InChI is InChI=1S/C8H46NP31/c1-7(2,3)9-4-8(5-9)26(37(25-10)31(15)16)6-27(35(23)29(11)12)38(28(8)39(32(17)18)33(19)20)40(34(21)22)36(24)30(13)14/h25H,4-6,10-24H2,1-3H3. The van der Waals surface area contributed by atoms with Crippen molar-refractivity contribution in [3.05, 3.63) is 0 Å². The molecule has 32 heteroatoms. The largest absolute Gasteiger partial charge is 0.296 e. The molecule has 1 nitrogen and oxygen atoms in total. The molecule has 2 aliphatic heterocycles. The van der Waals surface area contributed by atoms with E-state index >= 15 is 0 Å². The summed E-state index contributed by atoms with van der Waals surface area (Å²) in [6.45, 7) is 9.99. The first-order valence-electron chi connectivity index (χ1n) is 10.9. The highest BCUT2D eigenvalue weighted by molar-refractivity contribution is 9.34. The van der Waals surface area contributed by atoms with Crippen LogP contribution in [0.2, 0.25) is 0 Å². The molecule has 238 valence electrons. The summed E-state index contributed by atoms with van der Waals surface area (Å²) >= 11 is 0. The first-order valence-corrected chi connectivity index (χ1v) is 66.8. The molecule has 0 amide bonds. The molecular weight excluding hydrogens is 1070 g/mol. The van der Waals surface area contributed by atoms with Crippen LogP contribution in [0.5, 0.6) is 0 Å². The molecule has 2 rings (SSSR count). The predicted octanol–water partition coefficient (Wildman–Crippen LogP) is 19.3. The van der Waals surface area contributed by atoms with E-state index in [0.717, 1.165) is 7.96 Å². The molecule has 24 unspecified atom stereocenters. The number of hydrogen-bond donors (Lipinski definition) is 0. The van der Waals surface area contributed by atoms with Crippen LogP contribution in [0.15, 0.2) is 0 Å². The zero-order valence-electron chi connectivity index (χ0n) is 22.4. The lowest BCUT2D eigenvalue weighted by Gasteiger charge is -2.70. The average Bonchev–Trinajstić information content (AvgIpc) is 2.76. The summed E-state index contributed by atoms with van der Waals surface area (Å²) in [5.74, 6) is 1.65. The van der Waals surface area contributed by atoms with E-state index in [1.807, 2.05) is 0 Å². The molecular formula is C8H46NP31. The van der Waals surface area contributed by atoms with Gasteiger partial charge in [-0.15, -0.1) is 134 Å². The van der Waals surface area contributed by atoms with Crippen molar-refractivity contribution < 1.29 is 0 Å². The minimum Gasteiger partial charge on any atom is -0.296 e. The van der Waals surface area contributed by atoms with Gasteiger partial charge in [-0.3, -0.25) is 4.90 Å². The van der Waals surface area contributed by atoms with E-state index in [1.54, 1.807) is 5.90 Å². The Kier molecular flexibility index (Phi) is 28.5. The molecule has 1 spiro atoms. The normalized spacial score (nSPS) is 29.6. The van der Waals surface area contributed by atoms with E-state index in [0.29, 0.717) is 4.90 Å². The minimum absolute atomic E-state index is 0.000485. The van der Waals surface area contributed by atoms with Gasteiger partial charge >= 0.3 is 0 Å². The average molecular weight is 1120 g/mol. The van der Waals surface area contributed by atoms with Crippen LogP contribution in [0, 0.1) is 0 Å². The minimum atomic E-state index is -0.0895. The van der Waals surface area contributed by atoms with Crippen LogP contribution >= 0.6 is 248 Å². The SMILES string of the molecule is CC(C)(C)N1CC2(C1)P(P(PP)P(P)P)CP(P(P)P(P)P)P(P(P(P)P)P(P)P(P)P)P2P(P(P)P)P(P)P. The van der Waals surface area contributed by atoms with Crippen LogP contribution in [-0.4, -0.2) is 34.3 Å². The second kappa shape index (κ2) is 23.0. The highest BCUT2D eigenvalue weighted by Crippen LogP contribution is 3.35. The molecule has 0 aromatic carbocycles. The Balaban J connectivity index is 2.98. The van der Waals surface area contributed by atoms with Gasteiger partial charge in [0.2, 0.25) is 0 Å². The lowest BCUT2D eigenvalue weighted by molar-refractivity contribution is 0.0623. The van der Waals surface area contributed by atoms with E-state index < -0.39 is 0 Å². The summed E-state index contributed by atoms with van der Waals surface area (Å²) in [5.41, 5.74) is 0.279. The Bertz CT molecular complexity index is 766. The molecule has 2 heterocycles. The van der Waals surface area contributed by atoms with Gasteiger partial charge in [-0.25, -0.2) is 0 Å². The van der Waals surface area contributed by atoms with Crippen molar-refractivity contribution in [1.82, 2.24) is 4.90 Å². The van der Waals surface area contributed by atoms with Crippen LogP contribution < -0.4 is 0 Å². The number of rotatable bonds is 12. The van der Waals surface area contributed by atoms with Crippen molar-refractivity contribution in [1.29, 1.82) is 0 Å². The van der Waals surface area contributed by atoms with Crippen molar-refractivity contribution >= 4 is 248 Å². The molecule has 2 saturated heterocycles. The van der Waals surface area contributed by atoms with E-state index in [9.17, 15) is 0 Å². The fourth-order valence-corrected chi connectivity index (χ4v) is 323. The predicted molar refractivity (Wildman–Crippen MR) is 297 cm³/mol. The van der Waals surface area contributed by atoms with Gasteiger partial charge in [-0.2, -0.15) is 0 Å². The Labute approximate surface area is 299 Å². The summed E-state index contributed by atoms with van der Waals surface area (Å²) < 4.78 is 0. The molecule has 0 aromatic heterocycles. The molecule has 0 N–H and O–H groups in total. The second-order valence-corrected chi connectivity index (χ2v) is 131. The van der Waals surface area contributed by atoms with E-state index in [4.69, 9.17) is 0 Å². The Hall–Kier alpha value is 13.3. The lowest BCUT2D eigenvalue weighted by Crippen LogP contribution is -2.64. The van der Waals surface area contributed by atoms with Crippen LogP contribution in [0.4, 0.5) is 0 Å². The topological polar surface area (TPSA) is 3.24 Å². The number of hydrogen-bond acceptors (Lipinski definition) is 1. The van der Waals surface area contributed by atoms with Gasteiger partial charge in [0, 0.05) is 29.4 Å². The third kappa shape index (κ3) is 13.2. The fourth-order valence-electron chi connectivity index (χ4n) is 3.86. The van der Waals surface area contributed by atoms with Crippen LogP contribution in [-0.2, 0) is 0 Å². The van der Waals surface area contributed by atoms with E-state index in [2.05, 4.69) is 160 Å². The summed E-state index contributed by atoms with van der Waals surface area (Å²) in [6.07, 6.45) is 0. The fraction of sp³-hybridized carbons (Fsp3) is 1.00. The third-order valence-corrected chi connectivity index (χ3v) is 206. The maximum atomic E-state index is 3.56. The zero-order valence-corrected chi connectivity index (χ0v) is 54.2. The van der Waals surface area contributed by atoms with Gasteiger partial charge in [-0.1, -0.05) is 15.6 Å². The Morgan fingerprint density at radius 2 is 1.15 bits per heavy atom. The first-order chi connectivity index (χ1) is 18.2. The van der Waals surface area contributed by atoms with Gasteiger partial charge in [0.25, 0.3) is 0 Å². The molecule has 0 saturated carbocycles. The smallest absolute Gasteiger partial charge is 0.0499 e. The number of likely N-dealkylation sites (tertiary alicyclic amines) is 1. The summed E-state index contributed by atoms with van der Waals surface area (Å²) in [4.78, 5) is 3.55. The molecule has 0 aromatic rings. The Morgan fingerprint density at radius 3 is 1.48 bits per heavy atom. The molecule has 0 radical (unpaired) electrons. The molecule has 24 atom stereocenters. The van der Waals surface area contributed by atoms with Crippen molar-refractivity contribution in [2.75, 3.05) is 19.0 Å². The lowest BCUT2D eigenvalue weighted by atomic mass is 10.0. The van der Waals surface area contributed by atoms with Crippen LogP contribution in [0.1, 0.15) is 20.8 Å². The second-order valence-electron chi connectivity index (χ2n) is 9.36. The highest BCUT2D eigenvalue weighted by Gasteiger charge is 2.67. The maximum absolute atomic E-state index is 3.56. The zero-order chi connectivity index (χ0) is 31.1. The van der Waals surface area contributed by atoms with Gasteiger partial charge in [0.1, 0.15) is 0 Å². The summed E-state index contributed by atoms with van der Waals surface area (Å²) in [6, 6.07) is 0. The van der Waals surface area contributed by atoms with E-state index in [1.165, 1.54) is 13.1 Å². The highest BCUT2D eigenvalue weighted by atomic mass is 33.4. The van der Waals surface area contributed by atoms with Crippen molar-refractivity contribution in [2.24, 2.45) is 0 Å². The van der Waals surface area contributed by atoms with Gasteiger partial charge in [0.05, 0.1) is 0 Å².